The van der Waals surface area contributed by atoms with E-state index in [4.69, 9.17) is 14.2 Å². The van der Waals surface area contributed by atoms with Gasteiger partial charge in [0.05, 0.1) is 26.9 Å². The number of nitrogens with zero attached hydrogens (tertiary/aromatic N) is 1. The Morgan fingerprint density at radius 1 is 0.516 bits per heavy atom. The van der Waals surface area contributed by atoms with Gasteiger partial charge in [0.2, 0.25) is 0 Å². The van der Waals surface area contributed by atoms with Crippen molar-refractivity contribution in [1.29, 1.82) is 0 Å². The van der Waals surface area contributed by atoms with E-state index in [1.54, 1.807) is 21.3 Å². The fraction of sp³-hybridized carbons (Fsp3) is 0.111. The molecule has 4 aromatic rings. The molecule has 4 nitrogen and oxygen atoms in total. The van der Waals surface area contributed by atoms with Gasteiger partial charge in [-0.1, -0.05) is 48.5 Å². The van der Waals surface area contributed by atoms with Crippen molar-refractivity contribution >= 4 is 17.1 Å². The van der Waals surface area contributed by atoms with E-state index in [9.17, 15) is 0 Å². The molecule has 4 rings (SSSR count). The molecular weight excluding hydrogens is 386 g/mol. The lowest BCUT2D eigenvalue weighted by atomic mass is 10.0. The van der Waals surface area contributed by atoms with E-state index in [0.29, 0.717) is 17.2 Å². The highest BCUT2D eigenvalue weighted by Crippen LogP contribution is 2.43. The molecular formula is C27H25NO3. The van der Waals surface area contributed by atoms with Crippen molar-refractivity contribution < 1.29 is 14.2 Å². The number of hydrogen-bond donors (Lipinski definition) is 0. The quantitative estimate of drug-likeness (QED) is 0.333. The molecule has 0 unspecified atom stereocenters. The summed E-state index contributed by atoms with van der Waals surface area (Å²) in [6.07, 6.45) is 0. The van der Waals surface area contributed by atoms with Gasteiger partial charge in [-0.05, 0) is 42.0 Å². The number of ether oxygens (including phenoxy) is 3. The van der Waals surface area contributed by atoms with Gasteiger partial charge < -0.3 is 19.1 Å². The van der Waals surface area contributed by atoms with Crippen molar-refractivity contribution in [2.75, 3.05) is 26.2 Å². The van der Waals surface area contributed by atoms with Crippen molar-refractivity contribution in [3.05, 3.63) is 97.1 Å². The SMILES string of the molecule is COc1cc(OC)c(-c2ccc(N(c3ccccc3)c3ccccc3)cc2)c(OC)c1. The Morgan fingerprint density at radius 3 is 1.39 bits per heavy atom. The molecule has 0 aliphatic carbocycles. The average molecular weight is 412 g/mol. The number of methoxy groups -OCH3 is 3. The Morgan fingerprint density at radius 2 is 0.968 bits per heavy atom. The third-order valence-corrected chi connectivity index (χ3v) is 5.16. The number of para-hydroxylation sites is 2. The zero-order valence-corrected chi connectivity index (χ0v) is 17.9. The van der Waals surface area contributed by atoms with Crippen molar-refractivity contribution in [3.8, 4) is 28.4 Å². The minimum absolute atomic E-state index is 0.688. The number of hydrogen-bond acceptors (Lipinski definition) is 4. The van der Waals surface area contributed by atoms with Crippen LogP contribution in [0.5, 0.6) is 17.2 Å². The molecule has 4 aromatic carbocycles. The fourth-order valence-corrected chi connectivity index (χ4v) is 3.67. The molecule has 0 aliphatic heterocycles. The van der Waals surface area contributed by atoms with Crippen LogP contribution in [0.1, 0.15) is 0 Å². The number of rotatable bonds is 7. The summed E-state index contributed by atoms with van der Waals surface area (Å²) in [6.45, 7) is 0. The van der Waals surface area contributed by atoms with Gasteiger partial charge in [-0.15, -0.1) is 0 Å². The molecule has 0 spiro atoms. The second kappa shape index (κ2) is 9.26. The van der Waals surface area contributed by atoms with Crippen molar-refractivity contribution in [2.45, 2.75) is 0 Å². The maximum absolute atomic E-state index is 5.63. The molecule has 0 saturated heterocycles. The van der Waals surface area contributed by atoms with E-state index in [0.717, 1.165) is 28.2 Å². The first-order valence-electron chi connectivity index (χ1n) is 10.1. The molecule has 31 heavy (non-hydrogen) atoms. The zero-order chi connectivity index (χ0) is 21.6. The Kier molecular flexibility index (Phi) is 6.08. The second-order valence-electron chi connectivity index (χ2n) is 6.96. The van der Waals surface area contributed by atoms with Crippen molar-refractivity contribution in [2.24, 2.45) is 0 Å². The van der Waals surface area contributed by atoms with E-state index in [-0.39, 0.29) is 0 Å². The van der Waals surface area contributed by atoms with Crippen LogP contribution in [-0.2, 0) is 0 Å². The lowest BCUT2D eigenvalue weighted by molar-refractivity contribution is 0.377. The first-order valence-corrected chi connectivity index (χ1v) is 10.1. The van der Waals surface area contributed by atoms with Crippen LogP contribution in [0.2, 0.25) is 0 Å². The van der Waals surface area contributed by atoms with Crippen LogP contribution in [0.25, 0.3) is 11.1 Å². The summed E-state index contributed by atoms with van der Waals surface area (Å²) < 4.78 is 16.6. The molecule has 0 bridgehead atoms. The monoisotopic (exact) mass is 411 g/mol. The summed E-state index contributed by atoms with van der Waals surface area (Å²) >= 11 is 0. The van der Waals surface area contributed by atoms with Gasteiger partial charge in [0.1, 0.15) is 17.2 Å². The van der Waals surface area contributed by atoms with Gasteiger partial charge >= 0.3 is 0 Å². The van der Waals surface area contributed by atoms with Gasteiger partial charge in [0.25, 0.3) is 0 Å². The summed E-state index contributed by atoms with van der Waals surface area (Å²) in [7, 11) is 4.93. The van der Waals surface area contributed by atoms with Crippen LogP contribution < -0.4 is 19.1 Å². The highest BCUT2D eigenvalue weighted by molar-refractivity contribution is 5.82. The highest BCUT2D eigenvalue weighted by Gasteiger charge is 2.17. The van der Waals surface area contributed by atoms with Crippen LogP contribution >= 0.6 is 0 Å². The Hall–Kier alpha value is -3.92. The number of benzene rings is 4. The fourth-order valence-electron chi connectivity index (χ4n) is 3.67. The van der Waals surface area contributed by atoms with Gasteiger partial charge in [0.15, 0.2) is 0 Å². The molecule has 0 heterocycles. The summed E-state index contributed by atoms with van der Waals surface area (Å²) in [5, 5.41) is 0. The Balaban J connectivity index is 1.79. The molecule has 4 heteroatoms. The summed E-state index contributed by atoms with van der Waals surface area (Å²) in [6, 6.07) is 32.8. The third kappa shape index (κ3) is 4.19. The molecule has 0 N–H and O–H groups in total. The van der Waals surface area contributed by atoms with Crippen LogP contribution in [0.15, 0.2) is 97.1 Å². The number of anilines is 3. The second-order valence-corrected chi connectivity index (χ2v) is 6.96. The van der Waals surface area contributed by atoms with E-state index < -0.39 is 0 Å². The summed E-state index contributed by atoms with van der Waals surface area (Å²) in [5.41, 5.74) is 5.15. The third-order valence-electron chi connectivity index (χ3n) is 5.16. The van der Waals surface area contributed by atoms with Gasteiger partial charge in [0, 0.05) is 29.2 Å². The average Bonchev–Trinajstić information content (AvgIpc) is 2.85. The molecule has 0 aliphatic rings. The topological polar surface area (TPSA) is 30.9 Å². The maximum atomic E-state index is 5.63. The van der Waals surface area contributed by atoms with Crippen LogP contribution in [0.3, 0.4) is 0 Å². The van der Waals surface area contributed by atoms with E-state index in [1.165, 1.54) is 0 Å². The Bertz CT molecular complexity index is 1060. The van der Waals surface area contributed by atoms with Crippen LogP contribution in [0.4, 0.5) is 17.1 Å². The standard InChI is InChI=1S/C27H25NO3/c1-29-24-18-25(30-2)27(26(19-24)31-3)20-14-16-23(17-15-20)28(21-10-6-4-7-11-21)22-12-8-5-9-13-22/h4-19H,1-3H3. The van der Waals surface area contributed by atoms with Gasteiger partial charge in [-0.3, -0.25) is 0 Å². The van der Waals surface area contributed by atoms with Crippen molar-refractivity contribution in [3.63, 3.8) is 0 Å². The van der Waals surface area contributed by atoms with E-state index in [2.05, 4.69) is 53.4 Å². The predicted octanol–water partition coefficient (Wildman–Crippen LogP) is 6.85. The van der Waals surface area contributed by atoms with Gasteiger partial charge in [-0.25, -0.2) is 0 Å². The molecule has 0 atom stereocenters. The first kappa shape index (κ1) is 20.4. The Labute approximate surface area is 183 Å². The molecule has 0 radical (unpaired) electrons. The molecule has 156 valence electrons. The smallest absolute Gasteiger partial charge is 0.134 e. The highest BCUT2D eigenvalue weighted by atomic mass is 16.5. The van der Waals surface area contributed by atoms with Crippen LogP contribution in [0, 0.1) is 0 Å². The molecule has 0 fully saturated rings. The predicted molar refractivity (Wildman–Crippen MR) is 126 cm³/mol. The minimum Gasteiger partial charge on any atom is -0.496 e. The molecule has 0 amide bonds. The van der Waals surface area contributed by atoms with Crippen LogP contribution in [-0.4, -0.2) is 21.3 Å². The van der Waals surface area contributed by atoms with Crippen molar-refractivity contribution in [1.82, 2.24) is 0 Å². The normalized spacial score (nSPS) is 10.4. The lowest BCUT2D eigenvalue weighted by Crippen LogP contribution is -2.09. The summed E-state index contributed by atoms with van der Waals surface area (Å²) in [4.78, 5) is 2.23. The molecule has 0 aromatic heterocycles. The molecule has 0 saturated carbocycles. The van der Waals surface area contributed by atoms with E-state index >= 15 is 0 Å². The first-order chi connectivity index (χ1) is 15.2. The summed E-state index contributed by atoms with van der Waals surface area (Å²) in [5.74, 6) is 2.09. The zero-order valence-electron chi connectivity index (χ0n) is 17.9. The largest absolute Gasteiger partial charge is 0.496 e. The maximum Gasteiger partial charge on any atom is 0.134 e. The minimum atomic E-state index is 0.688. The van der Waals surface area contributed by atoms with Gasteiger partial charge in [-0.2, -0.15) is 0 Å². The van der Waals surface area contributed by atoms with E-state index in [1.807, 2.05) is 48.5 Å². The lowest BCUT2D eigenvalue weighted by Gasteiger charge is -2.25.